The SMILES string of the molecule is Cl.Cl.O=C(NC1CCN(CCCCC2(C(=O)NCC(F)(F)F)c3ccccc3-c3ccccc32)CC1)c1ncccc1C1CCCCC1. The molecule has 11 heteroatoms. The molecule has 1 aromatic heterocycles. The van der Waals surface area contributed by atoms with Gasteiger partial charge in [-0.2, -0.15) is 13.2 Å². The molecule has 6 rings (SSSR count). The van der Waals surface area contributed by atoms with Gasteiger partial charge in [0.25, 0.3) is 5.91 Å². The third-order valence-electron chi connectivity index (χ3n) is 10.2. The maximum atomic E-state index is 13.7. The van der Waals surface area contributed by atoms with E-state index >= 15 is 0 Å². The van der Waals surface area contributed by atoms with Crippen molar-refractivity contribution in [3.05, 3.63) is 89.2 Å². The average Bonchev–Trinajstić information content (AvgIpc) is 3.37. The first-order chi connectivity index (χ1) is 22.3. The highest BCUT2D eigenvalue weighted by atomic mass is 35.5. The van der Waals surface area contributed by atoms with Crippen LogP contribution in [-0.4, -0.2) is 60.1 Å². The Labute approximate surface area is 293 Å². The van der Waals surface area contributed by atoms with Crippen LogP contribution in [0.25, 0.3) is 11.1 Å². The number of carbonyl (C=O) groups is 2. The third kappa shape index (κ3) is 8.17. The van der Waals surface area contributed by atoms with Gasteiger partial charge in [-0.3, -0.25) is 14.6 Å². The van der Waals surface area contributed by atoms with Crippen molar-refractivity contribution in [1.29, 1.82) is 0 Å². The van der Waals surface area contributed by atoms with Gasteiger partial charge in [0, 0.05) is 25.3 Å². The van der Waals surface area contributed by atoms with E-state index in [1.54, 1.807) is 6.20 Å². The number of carbonyl (C=O) groups excluding carboxylic acids is 2. The number of nitrogens with zero attached hydrogens (tertiary/aromatic N) is 2. The first kappa shape index (κ1) is 37.7. The monoisotopic (exact) mass is 704 g/mol. The smallest absolute Gasteiger partial charge is 0.348 e. The van der Waals surface area contributed by atoms with Gasteiger partial charge in [0.05, 0.1) is 0 Å². The lowest BCUT2D eigenvalue weighted by Crippen LogP contribution is -2.47. The topological polar surface area (TPSA) is 74.3 Å². The number of amides is 2. The zero-order valence-corrected chi connectivity index (χ0v) is 28.7. The second kappa shape index (κ2) is 16.5. The summed E-state index contributed by atoms with van der Waals surface area (Å²) < 4.78 is 39.5. The van der Waals surface area contributed by atoms with Crippen LogP contribution in [0.2, 0.25) is 0 Å². The number of rotatable bonds is 10. The fourth-order valence-electron chi connectivity index (χ4n) is 7.91. The van der Waals surface area contributed by atoms with Crippen molar-refractivity contribution in [1.82, 2.24) is 20.5 Å². The molecule has 260 valence electrons. The molecule has 1 aliphatic heterocycles. The van der Waals surface area contributed by atoms with Crippen LogP contribution in [0.15, 0.2) is 66.9 Å². The molecule has 3 aliphatic rings. The summed E-state index contributed by atoms with van der Waals surface area (Å²) in [6.45, 7) is 1.18. The molecule has 2 aromatic carbocycles. The summed E-state index contributed by atoms with van der Waals surface area (Å²) >= 11 is 0. The molecule has 48 heavy (non-hydrogen) atoms. The Morgan fingerprint density at radius 3 is 2.08 bits per heavy atom. The first-order valence-electron chi connectivity index (χ1n) is 16.8. The molecule has 1 saturated carbocycles. The number of hydrogen-bond acceptors (Lipinski definition) is 4. The number of fused-ring (bicyclic) bond motifs is 3. The van der Waals surface area contributed by atoms with Gasteiger partial charge in [-0.1, -0.05) is 80.3 Å². The van der Waals surface area contributed by atoms with Crippen molar-refractivity contribution in [2.75, 3.05) is 26.2 Å². The summed E-state index contributed by atoms with van der Waals surface area (Å²) in [5.41, 5.74) is 3.83. The molecule has 0 radical (unpaired) electrons. The maximum Gasteiger partial charge on any atom is 0.405 e. The van der Waals surface area contributed by atoms with Crippen LogP contribution in [0.4, 0.5) is 13.2 Å². The molecule has 2 N–H and O–H groups in total. The highest BCUT2D eigenvalue weighted by molar-refractivity contribution is 6.00. The van der Waals surface area contributed by atoms with Crippen molar-refractivity contribution in [2.24, 2.45) is 0 Å². The molecule has 3 aromatic rings. The molecular weight excluding hydrogens is 660 g/mol. The lowest BCUT2D eigenvalue weighted by molar-refractivity contribution is -0.141. The highest BCUT2D eigenvalue weighted by Crippen LogP contribution is 2.51. The highest BCUT2D eigenvalue weighted by Gasteiger charge is 2.49. The number of alkyl halides is 3. The fraction of sp³-hybridized carbons (Fsp3) is 0.486. The molecule has 1 saturated heterocycles. The minimum absolute atomic E-state index is 0. The van der Waals surface area contributed by atoms with E-state index in [2.05, 4.69) is 26.6 Å². The lowest BCUT2D eigenvalue weighted by atomic mass is 9.73. The van der Waals surface area contributed by atoms with E-state index in [4.69, 9.17) is 0 Å². The van der Waals surface area contributed by atoms with Crippen molar-refractivity contribution in [2.45, 2.75) is 87.8 Å². The van der Waals surface area contributed by atoms with Gasteiger partial charge in [-0.05, 0) is 84.9 Å². The lowest BCUT2D eigenvalue weighted by Gasteiger charge is -2.33. The van der Waals surface area contributed by atoms with Crippen molar-refractivity contribution < 1.29 is 22.8 Å². The standard InChI is InChI=1S/C37H43F3N4O2.2ClH/c38-37(39,40)25-42-35(46)36(31-16-6-4-13-29(31)30-14-5-7-17-32(30)36)20-8-9-22-44-23-18-27(19-24-44)43-34(45)33-28(15-10-21-41-33)26-11-2-1-3-12-26;;/h4-7,10,13-17,21,26-27H,1-3,8-9,11-12,18-20,22-25H2,(H,42,46)(H,43,45);2*1H. The Kier molecular flexibility index (Phi) is 13.0. The van der Waals surface area contributed by atoms with E-state index in [0.29, 0.717) is 24.5 Å². The average molecular weight is 706 g/mol. The number of aromatic nitrogens is 1. The maximum absolute atomic E-state index is 13.7. The zero-order chi connectivity index (χ0) is 32.1. The zero-order valence-electron chi connectivity index (χ0n) is 27.1. The van der Waals surface area contributed by atoms with E-state index in [-0.39, 0.29) is 36.8 Å². The molecule has 2 fully saturated rings. The second-order valence-corrected chi connectivity index (χ2v) is 13.1. The quantitative estimate of drug-likeness (QED) is 0.210. The first-order valence-corrected chi connectivity index (χ1v) is 16.8. The summed E-state index contributed by atoms with van der Waals surface area (Å²) in [5.74, 6) is -0.268. The number of halogens is 5. The van der Waals surface area contributed by atoms with Crippen LogP contribution in [0.1, 0.15) is 97.3 Å². The largest absolute Gasteiger partial charge is 0.405 e. The molecule has 2 amide bonds. The molecule has 6 nitrogen and oxygen atoms in total. The van der Waals surface area contributed by atoms with Gasteiger partial charge in [0.2, 0.25) is 5.91 Å². The van der Waals surface area contributed by atoms with E-state index in [0.717, 1.165) is 79.6 Å². The van der Waals surface area contributed by atoms with Gasteiger partial charge in [0.15, 0.2) is 0 Å². The Bertz CT molecular complexity index is 1490. The van der Waals surface area contributed by atoms with Crippen LogP contribution >= 0.6 is 24.8 Å². The predicted molar refractivity (Wildman–Crippen MR) is 187 cm³/mol. The van der Waals surface area contributed by atoms with Crippen molar-refractivity contribution in [3.63, 3.8) is 0 Å². The van der Waals surface area contributed by atoms with E-state index in [9.17, 15) is 22.8 Å². The van der Waals surface area contributed by atoms with Crippen LogP contribution < -0.4 is 10.6 Å². The summed E-state index contributed by atoms with van der Waals surface area (Å²) in [5, 5.41) is 5.46. The van der Waals surface area contributed by atoms with E-state index in [1.807, 2.05) is 54.6 Å². The van der Waals surface area contributed by atoms with Crippen LogP contribution in [0.3, 0.4) is 0 Å². The summed E-state index contributed by atoms with van der Waals surface area (Å²) in [4.78, 5) is 33.8. The van der Waals surface area contributed by atoms with Crippen LogP contribution in [0, 0.1) is 0 Å². The molecule has 0 atom stereocenters. The predicted octanol–water partition coefficient (Wildman–Crippen LogP) is 7.98. The number of hydrogen-bond donors (Lipinski definition) is 2. The Morgan fingerprint density at radius 1 is 0.833 bits per heavy atom. The third-order valence-corrected chi connectivity index (χ3v) is 10.2. The fourth-order valence-corrected chi connectivity index (χ4v) is 7.91. The number of likely N-dealkylation sites (tertiary alicyclic amines) is 1. The van der Waals surface area contributed by atoms with Gasteiger partial charge >= 0.3 is 6.18 Å². The second-order valence-electron chi connectivity index (χ2n) is 13.1. The number of unbranched alkanes of at least 4 members (excludes halogenated alkanes) is 1. The van der Waals surface area contributed by atoms with Gasteiger partial charge in [-0.25, -0.2) is 0 Å². The molecule has 0 unspecified atom stereocenters. The van der Waals surface area contributed by atoms with Crippen LogP contribution in [-0.2, 0) is 10.2 Å². The number of benzene rings is 2. The molecular formula is C37H45Cl2F3N4O2. The summed E-state index contributed by atoms with van der Waals surface area (Å²) in [6.07, 6.45) is 6.72. The molecule has 2 aliphatic carbocycles. The minimum Gasteiger partial charge on any atom is -0.348 e. The van der Waals surface area contributed by atoms with E-state index < -0.39 is 24.0 Å². The Hall–Kier alpha value is -3.14. The summed E-state index contributed by atoms with van der Waals surface area (Å²) in [7, 11) is 0. The Balaban J connectivity index is 0.00000260. The molecule has 0 spiro atoms. The van der Waals surface area contributed by atoms with Crippen molar-refractivity contribution >= 4 is 36.6 Å². The van der Waals surface area contributed by atoms with Gasteiger partial charge in [0.1, 0.15) is 17.7 Å². The summed E-state index contributed by atoms with van der Waals surface area (Å²) in [6, 6.07) is 19.2. The van der Waals surface area contributed by atoms with Crippen molar-refractivity contribution in [3.8, 4) is 11.1 Å². The van der Waals surface area contributed by atoms with Crippen LogP contribution in [0.5, 0.6) is 0 Å². The molecule has 2 heterocycles. The van der Waals surface area contributed by atoms with Gasteiger partial charge in [-0.15, -0.1) is 24.8 Å². The van der Waals surface area contributed by atoms with E-state index in [1.165, 1.54) is 19.3 Å². The number of nitrogens with one attached hydrogen (secondary N) is 2. The number of pyridine rings is 1. The Morgan fingerprint density at radius 2 is 1.46 bits per heavy atom. The van der Waals surface area contributed by atoms with Gasteiger partial charge < -0.3 is 15.5 Å². The minimum atomic E-state index is -4.49. The normalized spacial score (nSPS) is 17.7. The molecule has 0 bridgehead atoms. The number of piperidine rings is 1.